The molecule has 0 N–H and O–H groups in total. The summed E-state index contributed by atoms with van der Waals surface area (Å²) in [7, 11) is 0. The molecular weight excluding hydrogens is 375 g/mol. The third-order valence-corrected chi connectivity index (χ3v) is 5.47. The van der Waals surface area contributed by atoms with Crippen LogP contribution in [0.25, 0.3) is 0 Å². The van der Waals surface area contributed by atoms with Crippen LogP contribution in [-0.2, 0) is 9.53 Å². The van der Waals surface area contributed by atoms with Crippen LogP contribution in [-0.4, -0.2) is 65.8 Å². The zero-order valence-electron chi connectivity index (χ0n) is 16.5. The molecule has 2 aliphatic heterocycles. The number of rotatable bonds is 5. The van der Waals surface area contributed by atoms with Crippen molar-refractivity contribution in [3.63, 3.8) is 0 Å². The van der Waals surface area contributed by atoms with Crippen molar-refractivity contribution < 1.29 is 18.7 Å². The summed E-state index contributed by atoms with van der Waals surface area (Å²) < 4.78 is 24.4. The molecule has 1 aromatic heterocycles. The highest BCUT2D eigenvalue weighted by Crippen LogP contribution is 2.24. The monoisotopic (exact) mass is 400 g/mol. The smallest absolute Gasteiger partial charge is 0.248 e. The van der Waals surface area contributed by atoms with Crippen LogP contribution in [0.1, 0.15) is 18.5 Å². The number of amides is 1. The summed E-state index contributed by atoms with van der Waals surface area (Å²) in [6.07, 6.45) is 4.98. The lowest BCUT2D eigenvalue weighted by atomic mass is 10.0. The molecule has 0 aliphatic carbocycles. The zero-order valence-corrected chi connectivity index (χ0v) is 16.5. The molecular formula is C21H25FN4O3. The summed E-state index contributed by atoms with van der Waals surface area (Å²) in [4.78, 5) is 25.4. The normalized spacial score (nSPS) is 20.8. The van der Waals surface area contributed by atoms with Crippen LogP contribution in [0.3, 0.4) is 0 Å². The molecule has 8 heteroatoms. The lowest BCUT2D eigenvalue weighted by Gasteiger charge is -2.42. The summed E-state index contributed by atoms with van der Waals surface area (Å²) in [6.45, 7) is 4.55. The average Bonchev–Trinajstić information content (AvgIpc) is 2.75. The number of carbonyl (C=O) groups is 1. The van der Waals surface area contributed by atoms with Crippen LogP contribution >= 0.6 is 0 Å². The Morgan fingerprint density at radius 1 is 1.17 bits per heavy atom. The van der Waals surface area contributed by atoms with E-state index in [-0.39, 0.29) is 30.5 Å². The van der Waals surface area contributed by atoms with E-state index < -0.39 is 0 Å². The Morgan fingerprint density at radius 3 is 2.62 bits per heavy atom. The summed E-state index contributed by atoms with van der Waals surface area (Å²) in [6, 6.07) is 6.09. The van der Waals surface area contributed by atoms with Crippen molar-refractivity contribution in [3.05, 3.63) is 48.2 Å². The number of halogens is 1. The number of aromatic nitrogens is 2. The molecule has 0 spiro atoms. The highest BCUT2D eigenvalue weighted by molar-refractivity contribution is 5.78. The van der Waals surface area contributed by atoms with Crippen molar-refractivity contribution in [1.29, 1.82) is 0 Å². The Balaban J connectivity index is 1.31. The molecule has 0 bridgehead atoms. The minimum Gasteiger partial charge on any atom is -0.491 e. The minimum atomic E-state index is -0.300. The Labute approximate surface area is 169 Å². The van der Waals surface area contributed by atoms with Gasteiger partial charge in [-0.25, -0.2) is 9.37 Å². The highest BCUT2D eigenvalue weighted by Gasteiger charge is 2.34. The predicted octanol–water partition coefficient (Wildman–Crippen LogP) is 2.20. The van der Waals surface area contributed by atoms with Gasteiger partial charge < -0.3 is 19.3 Å². The van der Waals surface area contributed by atoms with E-state index in [0.717, 1.165) is 37.4 Å². The second kappa shape index (κ2) is 8.73. The molecule has 1 atom stereocenters. The van der Waals surface area contributed by atoms with Gasteiger partial charge in [0.05, 0.1) is 12.2 Å². The van der Waals surface area contributed by atoms with Crippen LogP contribution in [0.5, 0.6) is 5.75 Å². The number of carbonyl (C=O) groups excluding carboxylic acids is 1. The Hall–Kier alpha value is -2.74. The molecule has 29 heavy (non-hydrogen) atoms. The van der Waals surface area contributed by atoms with Crippen molar-refractivity contribution in [3.8, 4) is 5.75 Å². The maximum absolute atomic E-state index is 13.0. The lowest BCUT2D eigenvalue weighted by molar-refractivity contribution is -0.154. The first-order valence-corrected chi connectivity index (χ1v) is 9.92. The van der Waals surface area contributed by atoms with Crippen LogP contribution in [0.15, 0.2) is 36.7 Å². The van der Waals surface area contributed by atoms with E-state index >= 15 is 0 Å². The fraction of sp³-hybridized carbons (Fsp3) is 0.476. The summed E-state index contributed by atoms with van der Waals surface area (Å²) in [5.74, 6) is 1.24. The van der Waals surface area contributed by atoms with Gasteiger partial charge in [0.2, 0.25) is 5.91 Å². The molecule has 0 radical (unpaired) electrons. The summed E-state index contributed by atoms with van der Waals surface area (Å²) in [5, 5.41) is 0. The largest absolute Gasteiger partial charge is 0.491 e. The van der Waals surface area contributed by atoms with E-state index in [9.17, 15) is 9.18 Å². The van der Waals surface area contributed by atoms with Crippen LogP contribution in [0.2, 0.25) is 0 Å². The van der Waals surface area contributed by atoms with Crippen LogP contribution in [0, 0.1) is 12.7 Å². The van der Waals surface area contributed by atoms with Gasteiger partial charge in [0.15, 0.2) is 0 Å². The number of ether oxygens (including phenoxy) is 2. The van der Waals surface area contributed by atoms with Gasteiger partial charge >= 0.3 is 0 Å². The van der Waals surface area contributed by atoms with E-state index in [0.29, 0.717) is 18.9 Å². The average molecular weight is 400 g/mol. The van der Waals surface area contributed by atoms with Gasteiger partial charge in [-0.15, -0.1) is 0 Å². The first-order valence-electron chi connectivity index (χ1n) is 9.92. The molecule has 4 rings (SSSR count). The second-order valence-electron chi connectivity index (χ2n) is 7.43. The molecule has 3 heterocycles. The number of nitrogens with zero attached hydrogens (tertiary/aromatic N) is 4. The molecule has 2 fully saturated rings. The highest BCUT2D eigenvalue weighted by atomic mass is 19.1. The molecule has 7 nitrogen and oxygen atoms in total. The first-order chi connectivity index (χ1) is 14.1. The Morgan fingerprint density at radius 2 is 1.90 bits per heavy atom. The maximum Gasteiger partial charge on any atom is 0.248 e. The number of anilines is 1. The van der Waals surface area contributed by atoms with Crippen molar-refractivity contribution in [2.45, 2.75) is 31.9 Å². The van der Waals surface area contributed by atoms with E-state index in [1.54, 1.807) is 24.5 Å². The topological polar surface area (TPSA) is 67.8 Å². The van der Waals surface area contributed by atoms with Gasteiger partial charge in [-0.05, 0) is 44.0 Å². The SMILES string of the molecule is Cc1nccnc1N1CCC(N2CC(COc3ccc(F)cc3)OCC2=O)CC1. The summed E-state index contributed by atoms with van der Waals surface area (Å²) >= 11 is 0. The van der Waals surface area contributed by atoms with Gasteiger partial charge in [0.25, 0.3) is 0 Å². The number of hydrogen-bond acceptors (Lipinski definition) is 6. The molecule has 2 aliphatic rings. The van der Waals surface area contributed by atoms with Crippen LogP contribution in [0.4, 0.5) is 10.2 Å². The van der Waals surface area contributed by atoms with Crippen molar-refractivity contribution >= 4 is 11.7 Å². The molecule has 1 aromatic carbocycles. The Kier molecular flexibility index (Phi) is 5.89. The van der Waals surface area contributed by atoms with E-state index in [1.165, 1.54) is 12.1 Å². The molecule has 0 saturated carbocycles. The molecule has 1 unspecified atom stereocenters. The van der Waals surface area contributed by atoms with E-state index in [4.69, 9.17) is 9.47 Å². The third kappa shape index (κ3) is 4.64. The van der Waals surface area contributed by atoms with Gasteiger partial charge in [-0.3, -0.25) is 9.78 Å². The second-order valence-corrected chi connectivity index (χ2v) is 7.43. The van der Waals surface area contributed by atoms with E-state index in [1.807, 2.05) is 11.8 Å². The van der Waals surface area contributed by atoms with Crippen molar-refractivity contribution in [2.75, 3.05) is 37.7 Å². The first kappa shape index (κ1) is 19.6. The minimum absolute atomic E-state index is 0.0252. The molecule has 2 saturated heterocycles. The lowest BCUT2D eigenvalue weighted by Crippen LogP contribution is -2.55. The number of benzene rings is 1. The van der Waals surface area contributed by atoms with E-state index in [2.05, 4.69) is 14.9 Å². The van der Waals surface area contributed by atoms with Crippen LogP contribution < -0.4 is 9.64 Å². The quantitative estimate of drug-likeness (QED) is 0.767. The number of hydrogen-bond donors (Lipinski definition) is 0. The number of morpholine rings is 1. The van der Waals surface area contributed by atoms with Gasteiger partial charge in [-0.1, -0.05) is 0 Å². The molecule has 1 amide bonds. The van der Waals surface area contributed by atoms with Crippen molar-refractivity contribution in [1.82, 2.24) is 14.9 Å². The predicted molar refractivity (Wildman–Crippen MR) is 105 cm³/mol. The Bertz CT molecular complexity index is 840. The standard InChI is InChI=1S/C21H25FN4O3/c1-15-21(24-9-8-23-15)25-10-6-17(7-11-25)26-12-19(29-14-20(26)27)13-28-18-4-2-16(22)3-5-18/h2-5,8-9,17,19H,6-7,10-14H2,1H3. The third-order valence-electron chi connectivity index (χ3n) is 5.47. The number of aryl methyl sites for hydroxylation is 1. The van der Waals surface area contributed by atoms with Gasteiger partial charge in [-0.2, -0.15) is 0 Å². The molecule has 154 valence electrons. The van der Waals surface area contributed by atoms with Gasteiger partial charge in [0.1, 0.15) is 36.7 Å². The van der Waals surface area contributed by atoms with Crippen molar-refractivity contribution in [2.24, 2.45) is 0 Å². The van der Waals surface area contributed by atoms with Gasteiger partial charge in [0, 0.05) is 31.5 Å². The number of piperidine rings is 1. The zero-order chi connectivity index (χ0) is 20.2. The fourth-order valence-electron chi connectivity index (χ4n) is 3.92. The maximum atomic E-state index is 13.0. The fourth-order valence-corrected chi connectivity index (χ4v) is 3.92. The molecule has 2 aromatic rings. The summed E-state index contributed by atoms with van der Waals surface area (Å²) in [5.41, 5.74) is 0.923.